The maximum Gasteiger partial charge on any atom is 2.00 e. The Kier molecular flexibility index (Phi) is 9.16. The fourth-order valence-electron chi connectivity index (χ4n) is 0. The van der Waals surface area contributed by atoms with Crippen molar-refractivity contribution in [2.75, 3.05) is 0 Å². The van der Waals surface area contributed by atoms with Gasteiger partial charge in [-0.2, -0.15) is 0 Å². The molecule has 0 aliphatic carbocycles. The Labute approximate surface area is 72.2 Å². The Morgan fingerprint density at radius 3 is 1.44 bits per heavy atom. The molecule has 0 radical (unpaired) electrons. The van der Waals surface area contributed by atoms with Crippen molar-refractivity contribution < 1.29 is 39.7 Å². The molecule has 0 amide bonds. The van der Waals surface area contributed by atoms with Gasteiger partial charge >= 0.3 is 17.4 Å². The molecule has 4 heteroatoms. The minimum absolute atomic E-state index is 0. The summed E-state index contributed by atoms with van der Waals surface area (Å²) in [6.45, 7) is 4.80. The molecule has 0 aromatic rings. The number of carbonyl (C=O) groups is 1. The third kappa shape index (κ3) is 8.29. The van der Waals surface area contributed by atoms with E-state index in [4.69, 9.17) is 0 Å². The molecule has 54 valence electrons. The molecule has 0 bridgehead atoms. The van der Waals surface area contributed by atoms with Gasteiger partial charge in [-0.25, -0.2) is 0 Å². The molecule has 0 aliphatic heterocycles. The van der Waals surface area contributed by atoms with E-state index < -0.39 is 11.4 Å². The minimum atomic E-state index is -1.01. The van der Waals surface area contributed by atoms with Crippen LogP contribution >= 0.6 is 0 Å². The number of carboxylic acids is 1. The number of hydrogen-bond acceptors (Lipinski definition) is 2. The zero-order chi connectivity index (χ0) is 6.08. The van der Waals surface area contributed by atoms with Gasteiger partial charge in [0.25, 0.3) is 0 Å². The average Bonchev–Trinajstić information content (AvgIpc) is 1.31. The number of hydrogen-bond donors (Lipinski definition) is 0. The normalized spacial score (nSPS) is 8.78. The van der Waals surface area contributed by atoms with Crippen LogP contribution in [0.15, 0.2) is 0 Å². The van der Waals surface area contributed by atoms with Crippen LogP contribution in [0.3, 0.4) is 0 Å². The molecule has 0 unspecified atom stereocenters. The summed E-state index contributed by atoms with van der Waals surface area (Å²) >= 11 is 0. The summed E-state index contributed by atoms with van der Waals surface area (Å²) in [7, 11) is 0. The summed E-state index contributed by atoms with van der Waals surface area (Å²) in [6.07, 6.45) is 0. The molecule has 0 heterocycles. The second-order valence-electron chi connectivity index (χ2n) is 2.54. The quantitative estimate of drug-likeness (QED) is 0.402. The molecular weight excluding hydrogens is 180 g/mol. The number of rotatable bonds is 0. The van der Waals surface area contributed by atoms with Gasteiger partial charge in [0.15, 0.2) is 0 Å². The molecule has 0 fully saturated rings. The van der Waals surface area contributed by atoms with E-state index in [2.05, 4.69) is 0 Å². The summed E-state index contributed by atoms with van der Waals surface area (Å²) < 4.78 is 0. The Bertz CT molecular complexity index is 87.4. The third-order valence-corrected chi connectivity index (χ3v) is 0.612. The third-order valence-electron chi connectivity index (χ3n) is 0.612. The van der Waals surface area contributed by atoms with Crippen molar-refractivity contribution in [1.82, 2.24) is 0 Å². The van der Waals surface area contributed by atoms with Crippen molar-refractivity contribution in [1.29, 1.82) is 0 Å². The molecule has 0 aromatic carbocycles. The maximum atomic E-state index is 9.91. The van der Waals surface area contributed by atoms with Gasteiger partial charge in [0, 0.05) is 11.4 Å². The van der Waals surface area contributed by atoms with Gasteiger partial charge in [0.05, 0.1) is 0 Å². The standard InChI is InChI=1S/C5H10O2.ClH.Cr/c1-5(2,3)4(6)7;;/h1-3H3,(H,6,7);1H;/q;;+2/p-2. The number of aliphatic carboxylic acids is 1. The van der Waals surface area contributed by atoms with E-state index in [1.54, 1.807) is 20.8 Å². The smallest absolute Gasteiger partial charge is 1.00 e. The first kappa shape index (κ1) is 16.1. The summed E-state index contributed by atoms with van der Waals surface area (Å²) in [6, 6.07) is 0. The van der Waals surface area contributed by atoms with Crippen LogP contribution in [0.5, 0.6) is 0 Å². The van der Waals surface area contributed by atoms with Gasteiger partial charge in [-0.05, 0) is 0 Å². The first-order chi connectivity index (χ1) is 2.94. The van der Waals surface area contributed by atoms with Gasteiger partial charge < -0.3 is 22.3 Å². The van der Waals surface area contributed by atoms with E-state index in [0.29, 0.717) is 0 Å². The first-order valence-corrected chi connectivity index (χ1v) is 2.16. The van der Waals surface area contributed by atoms with Crippen molar-refractivity contribution in [3.8, 4) is 0 Å². The van der Waals surface area contributed by atoms with Crippen LogP contribution in [0.4, 0.5) is 0 Å². The second kappa shape index (κ2) is 5.11. The molecule has 0 saturated carbocycles. The van der Waals surface area contributed by atoms with Crippen LogP contribution < -0.4 is 17.5 Å². The predicted octanol–water partition coefficient (Wildman–Crippen LogP) is -3.22. The van der Waals surface area contributed by atoms with Gasteiger partial charge in [-0.1, -0.05) is 20.8 Å². The Morgan fingerprint density at radius 2 is 1.44 bits per heavy atom. The zero-order valence-electron chi connectivity index (χ0n) is 5.60. The summed E-state index contributed by atoms with van der Waals surface area (Å²) in [5.41, 5.74) is -0.694. The van der Waals surface area contributed by atoms with E-state index >= 15 is 0 Å². The summed E-state index contributed by atoms with van der Waals surface area (Å²) in [4.78, 5) is 9.91. The van der Waals surface area contributed by atoms with E-state index in [1.807, 2.05) is 0 Å². The monoisotopic (exact) mass is 188 g/mol. The van der Waals surface area contributed by atoms with E-state index in [-0.39, 0.29) is 29.8 Å². The Hall–Kier alpha value is 0.292. The molecular formula is C5H9ClCrO2. The Morgan fingerprint density at radius 1 is 1.33 bits per heavy atom. The van der Waals surface area contributed by atoms with Gasteiger partial charge in [-0.3, -0.25) is 0 Å². The average molecular weight is 189 g/mol. The van der Waals surface area contributed by atoms with E-state index in [1.165, 1.54) is 0 Å². The Balaban J connectivity index is -0.000000180. The number of carboxylic acid groups (broad SMARTS) is 1. The van der Waals surface area contributed by atoms with Crippen molar-refractivity contribution in [3.63, 3.8) is 0 Å². The molecule has 0 aromatic heterocycles. The van der Waals surface area contributed by atoms with Crippen molar-refractivity contribution in [3.05, 3.63) is 0 Å². The minimum Gasteiger partial charge on any atom is -1.00 e. The van der Waals surface area contributed by atoms with Crippen LogP contribution in [0, 0.1) is 5.41 Å². The predicted molar refractivity (Wildman–Crippen MR) is 24.5 cm³/mol. The summed E-state index contributed by atoms with van der Waals surface area (Å²) in [5.74, 6) is -1.01. The number of halogens is 1. The second-order valence-corrected chi connectivity index (χ2v) is 2.54. The first-order valence-electron chi connectivity index (χ1n) is 2.16. The van der Waals surface area contributed by atoms with E-state index in [0.717, 1.165) is 0 Å². The van der Waals surface area contributed by atoms with Gasteiger partial charge in [0.1, 0.15) is 0 Å². The van der Waals surface area contributed by atoms with Crippen LogP contribution in [0.1, 0.15) is 20.8 Å². The van der Waals surface area contributed by atoms with Gasteiger partial charge in [-0.15, -0.1) is 0 Å². The topological polar surface area (TPSA) is 40.1 Å². The molecule has 0 saturated heterocycles. The molecule has 0 N–H and O–H groups in total. The summed E-state index contributed by atoms with van der Waals surface area (Å²) in [5, 5.41) is 9.91. The van der Waals surface area contributed by atoms with E-state index in [9.17, 15) is 9.90 Å². The van der Waals surface area contributed by atoms with Crippen LogP contribution in [0.2, 0.25) is 0 Å². The van der Waals surface area contributed by atoms with Crippen molar-refractivity contribution >= 4 is 5.97 Å². The molecule has 0 aliphatic rings. The fourth-order valence-corrected chi connectivity index (χ4v) is 0. The van der Waals surface area contributed by atoms with Crippen LogP contribution in [0.25, 0.3) is 0 Å². The molecule has 0 spiro atoms. The largest absolute Gasteiger partial charge is 2.00 e. The fraction of sp³-hybridized carbons (Fsp3) is 0.800. The molecule has 9 heavy (non-hydrogen) atoms. The van der Waals surface area contributed by atoms with Gasteiger partial charge in [0.2, 0.25) is 0 Å². The van der Waals surface area contributed by atoms with Crippen LogP contribution in [-0.4, -0.2) is 5.97 Å². The molecule has 2 nitrogen and oxygen atoms in total. The van der Waals surface area contributed by atoms with Crippen molar-refractivity contribution in [2.45, 2.75) is 20.8 Å². The maximum absolute atomic E-state index is 9.91. The number of carbonyl (C=O) groups excluding carboxylic acids is 1. The zero-order valence-corrected chi connectivity index (χ0v) is 7.63. The molecule has 0 rings (SSSR count). The SMILES string of the molecule is CC(C)(C)C(=O)[O-].[Cl-].[Cr+2]. The van der Waals surface area contributed by atoms with Crippen LogP contribution in [-0.2, 0) is 22.2 Å². The van der Waals surface area contributed by atoms with Crippen molar-refractivity contribution in [2.24, 2.45) is 5.41 Å². The molecule has 0 atom stereocenters.